The van der Waals surface area contributed by atoms with Crippen molar-refractivity contribution < 1.29 is 0 Å². The molecule has 1 aromatic carbocycles. The second-order valence-electron chi connectivity index (χ2n) is 4.85. The molecule has 0 fully saturated rings. The summed E-state index contributed by atoms with van der Waals surface area (Å²) >= 11 is 1.22. The van der Waals surface area contributed by atoms with E-state index in [4.69, 9.17) is 0 Å². The monoisotopic (exact) mass is 260 g/mol. The minimum atomic E-state index is 0.0227. The van der Waals surface area contributed by atoms with Gasteiger partial charge in [-0.3, -0.25) is 4.79 Å². The number of H-pyrrole nitrogens is 1. The summed E-state index contributed by atoms with van der Waals surface area (Å²) in [6.45, 7) is 2.86. The van der Waals surface area contributed by atoms with E-state index in [0.29, 0.717) is 6.04 Å². The lowest BCUT2D eigenvalue weighted by Gasteiger charge is -2.13. The SMILES string of the molecule is Cc1ccc2c(c1)C(NCc1csc(=O)[nH]1)CC2. The Morgan fingerprint density at radius 2 is 2.39 bits per heavy atom. The zero-order chi connectivity index (χ0) is 12.5. The molecule has 1 atom stereocenters. The summed E-state index contributed by atoms with van der Waals surface area (Å²) in [6.07, 6.45) is 2.29. The fourth-order valence-corrected chi connectivity index (χ4v) is 3.15. The lowest BCUT2D eigenvalue weighted by Crippen LogP contribution is -2.19. The average Bonchev–Trinajstić information content (AvgIpc) is 2.93. The van der Waals surface area contributed by atoms with Gasteiger partial charge in [0.2, 0.25) is 0 Å². The van der Waals surface area contributed by atoms with Crippen LogP contribution >= 0.6 is 11.3 Å². The van der Waals surface area contributed by atoms with Crippen molar-refractivity contribution in [3.8, 4) is 0 Å². The maximum Gasteiger partial charge on any atom is 0.304 e. The van der Waals surface area contributed by atoms with E-state index in [-0.39, 0.29) is 4.87 Å². The van der Waals surface area contributed by atoms with Crippen LogP contribution in [0.4, 0.5) is 0 Å². The summed E-state index contributed by atoms with van der Waals surface area (Å²) in [4.78, 5) is 13.9. The average molecular weight is 260 g/mol. The van der Waals surface area contributed by atoms with Crippen LogP contribution in [0.25, 0.3) is 0 Å². The Labute approximate surface area is 110 Å². The highest BCUT2D eigenvalue weighted by molar-refractivity contribution is 7.07. The fraction of sp³-hybridized carbons (Fsp3) is 0.357. The molecular formula is C14H16N2OS. The van der Waals surface area contributed by atoms with E-state index in [1.165, 1.54) is 28.0 Å². The molecular weight excluding hydrogens is 244 g/mol. The summed E-state index contributed by atoms with van der Waals surface area (Å²) in [5.41, 5.74) is 5.17. The van der Waals surface area contributed by atoms with Gasteiger partial charge in [-0.05, 0) is 30.9 Å². The summed E-state index contributed by atoms with van der Waals surface area (Å²) in [6, 6.07) is 7.11. The molecule has 3 rings (SSSR count). The topological polar surface area (TPSA) is 44.9 Å². The molecule has 0 saturated heterocycles. The molecule has 2 N–H and O–H groups in total. The molecule has 2 aromatic rings. The third-order valence-corrected chi connectivity index (χ3v) is 4.21. The summed E-state index contributed by atoms with van der Waals surface area (Å²) in [7, 11) is 0. The molecule has 1 aliphatic rings. The number of thiazole rings is 1. The zero-order valence-corrected chi connectivity index (χ0v) is 11.1. The molecule has 3 nitrogen and oxygen atoms in total. The minimum Gasteiger partial charge on any atom is -0.315 e. The van der Waals surface area contributed by atoms with E-state index < -0.39 is 0 Å². The zero-order valence-electron chi connectivity index (χ0n) is 10.3. The molecule has 1 unspecified atom stereocenters. The van der Waals surface area contributed by atoms with Gasteiger partial charge in [0.15, 0.2) is 0 Å². The number of hydrogen-bond acceptors (Lipinski definition) is 3. The van der Waals surface area contributed by atoms with E-state index in [1.807, 2.05) is 5.38 Å². The van der Waals surface area contributed by atoms with Crippen molar-refractivity contribution in [2.24, 2.45) is 0 Å². The van der Waals surface area contributed by atoms with E-state index in [1.54, 1.807) is 0 Å². The number of aromatic amines is 1. The van der Waals surface area contributed by atoms with Gasteiger partial charge >= 0.3 is 4.87 Å². The lowest BCUT2D eigenvalue weighted by atomic mass is 10.1. The molecule has 0 amide bonds. The highest BCUT2D eigenvalue weighted by Crippen LogP contribution is 2.31. The number of rotatable bonds is 3. The number of fused-ring (bicyclic) bond motifs is 1. The van der Waals surface area contributed by atoms with Crippen LogP contribution in [0.2, 0.25) is 0 Å². The highest BCUT2D eigenvalue weighted by Gasteiger charge is 2.21. The molecule has 4 heteroatoms. The van der Waals surface area contributed by atoms with Gasteiger partial charge in [-0.1, -0.05) is 35.1 Å². The molecule has 0 bridgehead atoms. The number of aromatic nitrogens is 1. The van der Waals surface area contributed by atoms with Crippen molar-refractivity contribution in [2.75, 3.05) is 0 Å². The first-order valence-electron chi connectivity index (χ1n) is 6.22. The van der Waals surface area contributed by atoms with Crippen LogP contribution in [-0.2, 0) is 13.0 Å². The van der Waals surface area contributed by atoms with Crippen molar-refractivity contribution in [3.63, 3.8) is 0 Å². The van der Waals surface area contributed by atoms with Crippen LogP contribution in [-0.4, -0.2) is 4.98 Å². The van der Waals surface area contributed by atoms with Crippen LogP contribution < -0.4 is 10.2 Å². The summed E-state index contributed by atoms with van der Waals surface area (Å²) < 4.78 is 0. The van der Waals surface area contributed by atoms with E-state index >= 15 is 0 Å². The van der Waals surface area contributed by atoms with E-state index in [2.05, 4.69) is 35.4 Å². The number of nitrogens with one attached hydrogen (secondary N) is 2. The van der Waals surface area contributed by atoms with Gasteiger partial charge < -0.3 is 10.3 Å². The lowest BCUT2D eigenvalue weighted by molar-refractivity contribution is 0.526. The highest BCUT2D eigenvalue weighted by atomic mass is 32.1. The first-order chi connectivity index (χ1) is 8.72. The second kappa shape index (κ2) is 4.71. The maximum absolute atomic E-state index is 11.1. The van der Waals surface area contributed by atoms with Gasteiger partial charge in [0.25, 0.3) is 0 Å². The Balaban J connectivity index is 1.72. The van der Waals surface area contributed by atoms with Crippen molar-refractivity contribution in [3.05, 3.63) is 55.6 Å². The van der Waals surface area contributed by atoms with Crippen molar-refractivity contribution in [1.29, 1.82) is 0 Å². The quantitative estimate of drug-likeness (QED) is 0.890. The van der Waals surface area contributed by atoms with Gasteiger partial charge in [-0.15, -0.1) is 0 Å². The summed E-state index contributed by atoms with van der Waals surface area (Å²) in [5.74, 6) is 0. The Bertz CT molecular complexity index is 614. The van der Waals surface area contributed by atoms with Gasteiger partial charge in [-0.2, -0.15) is 0 Å². The van der Waals surface area contributed by atoms with Crippen LogP contribution in [0, 0.1) is 6.92 Å². The fourth-order valence-electron chi connectivity index (χ4n) is 2.57. The van der Waals surface area contributed by atoms with Crippen LogP contribution in [0.1, 0.15) is 34.8 Å². The van der Waals surface area contributed by atoms with E-state index in [9.17, 15) is 4.79 Å². The van der Waals surface area contributed by atoms with Crippen molar-refractivity contribution in [1.82, 2.24) is 10.3 Å². The van der Waals surface area contributed by atoms with Gasteiger partial charge in [0.05, 0.1) is 0 Å². The van der Waals surface area contributed by atoms with Gasteiger partial charge in [0.1, 0.15) is 0 Å². The van der Waals surface area contributed by atoms with E-state index in [0.717, 1.165) is 25.1 Å². The molecule has 0 aliphatic heterocycles. The largest absolute Gasteiger partial charge is 0.315 e. The van der Waals surface area contributed by atoms with Crippen LogP contribution in [0.5, 0.6) is 0 Å². The Morgan fingerprint density at radius 3 is 3.17 bits per heavy atom. The number of hydrogen-bond donors (Lipinski definition) is 2. The van der Waals surface area contributed by atoms with Gasteiger partial charge in [-0.25, -0.2) is 0 Å². The Kier molecular flexibility index (Phi) is 3.06. The first-order valence-corrected chi connectivity index (χ1v) is 7.10. The number of aryl methyl sites for hydroxylation is 2. The van der Waals surface area contributed by atoms with Crippen molar-refractivity contribution >= 4 is 11.3 Å². The van der Waals surface area contributed by atoms with Crippen molar-refractivity contribution in [2.45, 2.75) is 32.4 Å². The normalized spacial score (nSPS) is 17.9. The first kappa shape index (κ1) is 11.7. The predicted octanol–water partition coefficient (Wildman–Crippen LogP) is 2.52. The summed E-state index contributed by atoms with van der Waals surface area (Å²) in [5, 5.41) is 5.42. The smallest absolute Gasteiger partial charge is 0.304 e. The third-order valence-electron chi connectivity index (χ3n) is 3.49. The molecule has 0 saturated carbocycles. The molecule has 1 aliphatic carbocycles. The molecule has 94 valence electrons. The molecule has 0 radical (unpaired) electrons. The second-order valence-corrected chi connectivity index (χ2v) is 5.69. The standard InChI is InChI=1S/C14H16N2OS/c1-9-2-3-10-4-5-13(12(10)6-9)15-7-11-8-18-14(17)16-11/h2-3,6,8,13,15H,4-5,7H2,1H3,(H,16,17). The molecule has 0 spiro atoms. The number of benzene rings is 1. The Morgan fingerprint density at radius 1 is 1.50 bits per heavy atom. The minimum absolute atomic E-state index is 0.0227. The van der Waals surface area contributed by atoms with Crippen LogP contribution in [0.15, 0.2) is 28.4 Å². The third kappa shape index (κ3) is 2.26. The van der Waals surface area contributed by atoms with Gasteiger partial charge in [0, 0.05) is 23.7 Å². The molecule has 1 heterocycles. The Hall–Kier alpha value is -1.39. The maximum atomic E-state index is 11.1. The molecule has 18 heavy (non-hydrogen) atoms. The van der Waals surface area contributed by atoms with Crippen LogP contribution in [0.3, 0.4) is 0 Å². The predicted molar refractivity (Wildman–Crippen MR) is 74.0 cm³/mol. The molecule has 1 aromatic heterocycles.